The zero-order chi connectivity index (χ0) is 13.9. The van der Waals surface area contributed by atoms with E-state index in [0.29, 0.717) is 12.2 Å². The number of nitrogens with zero attached hydrogens (tertiary/aromatic N) is 4. The summed E-state index contributed by atoms with van der Waals surface area (Å²) >= 11 is 0. The van der Waals surface area contributed by atoms with Crippen molar-refractivity contribution in [1.82, 2.24) is 24.7 Å². The van der Waals surface area contributed by atoms with Gasteiger partial charge in [-0.1, -0.05) is 30.3 Å². The van der Waals surface area contributed by atoms with Gasteiger partial charge in [-0.05, 0) is 0 Å². The SMILES string of the molecule is Cn1nc(-c2ccccc2)nc1C(N)Cc1cnc[nH]1. The molecule has 20 heavy (non-hydrogen) atoms. The molecule has 102 valence electrons. The molecule has 2 aromatic heterocycles. The van der Waals surface area contributed by atoms with Crippen molar-refractivity contribution in [1.29, 1.82) is 0 Å². The fraction of sp³-hybridized carbons (Fsp3) is 0.214. The lowest BCUT2D eigenvalue weighted by Crippen LogP contribution is -2.18. The van der Waals surface area contributed by atoms with Gasteiger partial charge in [0.05, 0.1) is 12.4 Å². The number of aromatic amines is 1. The maximum absolute atomic E-state index is 6.21. The van der Waals surface area contributed by atoms with Crippen molar-refractivity contribution in [3.8, 4) is 11.4 Å². The largest absolute Gasteiger partial charge is 0.348 e. The zero-order valence-electron chi connectivity index (χ0n) is 11.2. The van der Waals surface area contributed by atoms with E-state index in [2.05, 4.69) is 20.1 Å². The minimum absolute atomic E-state index is 0.217. The highest BCUT2D eigenvalue weighted by atomic mass is 15.3. The van der Waals surface area contributed by atoms with Gasteiger partial charge in [-0.15, -0.1) is 0 Å². The van der Waals surface area contributed by atoms with Crippen molar-refractivity contribution in [3.05, 3.63) is 54.4 Å². The number of nitrogens with two attached hydrogens (primary N) is 1. The second kappa shape index (κ2) is 5.26. The molecule has 0 fully saturated rings. The van der Waals surface area contributed by atoms with E-state index in [9.17, 15) is 0 Å². The average Bonchev–Trinajstić information content (AvgIpc) is 3.09. The van der Waals surface area contributed by atoms with Crippen LogP contribution in [0.4, 0.5) is 0 Å². The Morgan fingerprint density at radius 1 is 1.30 bits per heavy atom. The Labute approximate surface area is 116 Å². The van der Waals surface area contributed by atoms with Gasteiger partial charge in [0.1, 0.15) is 5.82 Å². The van der Waals surface area contributed by atoms with Crippen LogP contribution in [-0.2, 0) is 13.5 Å². The van der Waals surface area contributed by atoms with Crippen LogP contribution in [0.3, 0.4) is 0 Å². The molecule has 0 aliphatic rings. The lowest BCUT2D eigenvalue weighted by atomic mass is 10.1. The second-order valence-electron chi connectivity index (χ2n) is 4.67. The van der Waals surface area contributed by atoms with Gasteiger partial charge in [0.2, 0.25) is 0 Å². The van der Waals surface area contributed by atoms with Crippen molar-refractivity contribution in [2.24, 2.45) is 12.8 Å². The number of imidazole rings is 1. The molecule has 0 spiro atoms. The summed E-state index contributed by atoms with van der Waals surface area (Å²) in [7, 11) is 1.86. The quantitative estimate of drug-likeness (QED) is 0.750. The minimum atomic E-state index is -0.217. The maximum Gasteiger partial charge on any atom is 0.181 e. The summed E-state index contributed by atoms with van der Waals surface area (Å²) in [5.41, 5.74) is 8.18. The number of hydrogen-bond donors (Lipinski definition) is 2. The van der Waals surface area contributed by atoms with Crippen LogP contribution in [-0.4, -0.2) is 24.7 Å². The van der Waals surface area contributed by atoms with E-state index in [1.807, 2.05) is 37.4 Å². The standard InChI is InChI=1S/C14H16N6/c1-20-14(12(15)7-11-8-16-9-17-11)18-13(19-20)10-5-3-2-4-6-10/h2-6,8-9,12H,7,15H2,1H3,(H,16,17). The summed E-state index contributed by atoms with van der Waals surface area (Å²) in [6.07, 6.45) is 4.07. The maximum atomic E-state index is 6.21. The van der Waals surface area contributed by atoms with Crippen LogP contribution in [0.5, 0.6) is 0 Å². The first kappa shape index (κ1) is 12.6. The summed E-state index contributed by atoms with van der Waals surface area (Å²) in [5.74, 6) is 1.46. The zero-order valence-corrected chi connectivity index (χ0v) is 11.2. The summed E-state index contributed by atoms with van der Waals surface area (Å²) < 4.78 is 1.74. The number of rotatable bonds is 4. The molecule has 0 aliphatic heterocycles. The molecule has 0 saturated heterocycles. The third-order valence-corrected chi connectivity index (χ3v) is 3.16. The van der Waals surface area contributed by atoms with Gasteiger partial charge in [-0.2, -0.15) is 5.10 Å². The molecule has 0 radical (unpaired) electrons. The molecule has 3 N–H and O–H groups in total. The summed E-state index contributed by atoms with van der Waals surface area (Å²) in [5, 5.41) is 4.43. The molecule has 0 bridgehead atoms. The predicted octanol–water partition coefficient (Wildman–Crippen LogP) is 1.45. The van der Waals surface area contributed by atoms with Gasteiger partial charge < -0.3 is 10.7 Å². The average molecular weight is 268 g/mol. The van der Waals surface area contributed by atoms with Crippen LogP contribution < -0.4 is 5.73 Å². The molecule has 0 saturated carbocycles. The Morgan fingerprint density at radius 3 is 2.80 bits per heavy atom. The first-order valence-electron chi connectivity index (χ1n) is 6.43. The van der Waals surface area contributed by atoms with E-state index in [1.54, 1.807) is 17.2 Å². The summed E-state index contributed by atoms with van der Waals surface area (Å²) in [6, 6.07) is 9.66. The normalized spacial score (nSPS) is 12.5. The summed E-state index contributed by atoms with van der Waals surface area (Å²) in [4.78, 5) is 11.6. The lowest BCUT2D eigenvalue weighted by Gasteiger charge is -2.08. The third kappa shape index (κ3) is 2.46. The second-order valence-corrected chi connectivity index (χ2v) is 4.67. The van der Waals surface area contributed by atoms with Crippen LogP contribution in [0, 0.1) is 0 Å². The highest BCUT2D eigenvalue weighted by Crippen LogP contribution is 2.18. The molecular weight excluding hydrogens is 252 g/mol. The van der Waals surface area contributed by atoms with Crippen molar-refractivity contribution >= 4 is 0 Å². The van der Waals surface area contributed by atoms with Crippen LogP contribution in [0.2, 0.25) is 0 Å². The van der Waals surface area contributed by atoms with Crippen molar-refractivity contribution in [2.45, 2.75) is 12.5 Å². The molecule has 2 heterocycles. The molecule has 6 nitrogen and oxygen atoms in total. The Balaban J connectivity index is 1.85. The van der Waals surface area contributed by atoms with Crippen LogP contribution in [0.15, 0.2) is 42.9 Å². The van der Waals surface area contributed by atoms with E-state index in [4.69, 9.17) is 5.73 Å². The molecule has 3 aromatic rings. The number of hydrogen-bond acceptors (Lipinski definition) is 4. The van der Waals surface area contributed by atoms with E-state index in [-0.39, 0.29) is 6.04 Å². The highest BCUT2D eigenvalue weighted by Gasteiger charge is 2.16. The van der Waals surface area contributed by atoms with Gasteiger partial charge in [0.15, 0.2) is 5.82 Å². The number of benzene rings is 1. The molecule has 1 unspecified atom stereocenters. The Kier molecular flexibility index (Phi) is 3.30. The molecule has 0 amide bonds. The van der Waals surface area contributed by atoms with Crippen LogP contribution in [0.25, 0.3) is 11.4 Å². The van der Waals surface area contributed by atoms with E-state index in [0.717, 1.165) is 17.1 Å². The fourth-order valence-electron chi connectivity index (χ4n) is 2.15. The van der Waals surface area contributed by atoms with Gasteiger partial charge in [0, 0.05) is 30.9 Å². The molecule has 1 atom stereocenters. The highest BCUT2D eigenvalue weighted by molar-refractivity contribution is 5.54. The van der Waals surface area contributed by atoms with Gasteiger partial charge in [-0.3, -0.25) is 4.68 Å². The van der Waals surface area contributed by atoms with Crippen molar-refractivity contribution in [3.63, 3.8) is 0 Å². The van der Waals surface area contributed by atoms with Crippen molar-refractivity contribution in [2.75, 3.05) is 0 Å². The summed E-state index contributed by atoms with van der Waals surface area (Å²) in [6.45, 7) is 0. The number of H-pyrrole nitrogens is 1. The van der Waals surface area contributed by atoms with E-state index in [1.165, 1.54) is 0 Å². The minimum Gasteiger partial charge on any atom is -0.348 e. The number of aromatic nitrogens is 5. The molecular formula is C14H16N6. The van der Waals surface area contributed by atoms with Crippen molar-refractivity contribution < 1.29 is 0 Å². The van der Waals surface area contributed by atoms with Crippen LogP contribution >= 0.6 is 0 Å². The molecule has 1 aromatic carbocycles. The molecule has 3 rings (SSSR count). The first-order valence-corrected chi connectivity index (χ1v) is 6.43. The third-order valence-electron chi connectivity index (χ3n) is 3.16. The molecule has 0 aliphatic carbocycles. The predicted molar refractivity (Wildman–Crippen MR) is 75.7 cm³/mol. The van der Waals surface area contributed by atoms with Gasteiger partial charge in [-0.25, -0.2) is 9.97 Å². The topological polar surface area (TPSA) is 85.4 Å². The number of nitrogens with one attached hydrogen (secondary N) is 1. The van der Waals surface area contributed by atoms with E-state index < -0.39 is 0 Å². The Bertz CT molecular complexity index is 671. The van der Waals surface area contributed by atoms with Crippen LogP contribution in [0.1, 0.15) is 17.6 Å². The monoisotopic (exact) mass is 268 g/mol. The first-order chi connectivity index (χ1) is 9.74. The number of aryl methyl sites for hydroxylation is 1. The molecule has 6 heteroatoms. The Hall–Kier alpha value is -2.47. The van der Waals surface area contributed by atoms with Gasteiger partial charge in [0.25, 0.3) is 0 Å². The smallest absolute Gasteiger partial charge is 0.181 e. The van der Waals surface area contributed by atoms with E-state index >= 15 is 0 Å². The Morgan fingerprint density at radius 2 is 2.10 bits per heavy atom. The van der Waals surface area contributed by atoms with Gasteiger partial charge >= 0.3 is 0 Å². The fourth-order valence-corrected chi connectivity index (χ4v) is 2.15. The lowest BCUT2D eigenvalue weighted by molar-refractivity contribution is 0.597.